The van der Waals surface area contributed by atoms with Crippen molar-refractivity contribution in [1.29, 1.82) is 0 Å². The van der Waals surface area contributed by atoms with Crippen LogP contribution in [-0.2, 0) is 4.79 Å². The number of amides is 2. The van der Waals surface area contributed by atoms with Gasteiger partial charge in [-0.1, -0.05) is 6.07 Å². The second-order valence-corrected chi connectivity index (χ2v) is 8.89. The molecule has 33 heavy (non-hydrogen) atoms. The first kappa shape index (κ1) is 20.8. The number of carbonyl (C=O) groups excluding carboxylic acids is 2. The summed E-state index contributed by atoms with van der Waals surface area (Å²) in [6.07, 6.45) is 0. The molecule has 0 aliphatic carbocycles. The number of carbonyl (C=O) groups is 2. The van der Waals surface area contributed by atoms with E-state index in [2.05, 4.69) is 23.3 Å². The van der Waals surface area contributed by atoms with E-state index >= 15 is 0 Å². The van der Waals surface area contributed by atoms with Gasteiger partial charge >= 0.3 is 5.88 Å². The SMILES string of the molecule is Cc1ccc2nc(-c3ccc(NC(=O)C4CN(C(=O)c5ccc([N+](=O)[O-])o5)C4)cc3)sc2c1. The van der Waals surface area contributed by atoms with Crippen LogP contribution in [0.5, 0.6) is 0 Å². The minimum absolute atomic E-state index is 0.110. The molecule has 1 saturated heterocycles. The van der Waals surface area contributed by atoms with Crippen molar-refractivity contribution in [1.82, 2.24) is 9.88 Å². The summed E-state index contributed by atoms with van der Waals surface area (Å²) in [4.78, 5) is 40.9. The van der Waals surface area contributed by atoms with E-state index in [4.69, 9.17) is 4.42 Å². The van der Waals surface area contributed by atoms with Crippen LogP contribution in [-0.4, -0.2) is 39.7 Å². The van der Waals surface area contributed by atoms with Crippen LogP contribution in [0.1, 0.15) is 16.1 Å². The summed E-state index contributed by atoms with van der Waals surface area (Å²) >= 11 is 1.63. The Morgan fingerprint density at radius 2 is 1.91 bits per heavy atom. The summed E-state index contributed by atoms with van der Waals surface area (Å²) in [6, 6.07) is 16.1. The van der Waals surface area contributed by atoms with Crippen molar-refractivity contribution < 1.29 is 18.9 Å². The molecule has 10 heteroatoms. The lowest BCUT2D eigenvalue weighted by Gasteiger charge is -2.37. The third-order valence-corrected chi connectivity index (χ3v) is 6.53. The van der Waals surface area contributed by atoms with E-state index in [1.165, 1.54) is 16.5 Å². The Bertz CT molecular complexity index is 1390. The predicted octanol–water partition coefficient (Wildman–Crippen LogP) is 4.48. The molecule has 1 aliphatic heterocycles. The molecule has 0 saturated carbocycles. The summed E-state index contributed by atoms with van der Waals surface area (Å²) in [6.45, 7) is 2.50. The van der Waals surface area contributed by atoms with Gasteiger partial charge in [-0.15, -0.1) is 11.3 Å². The largest absolute Gasteiger partial charge is 0.433 e. The number of anilines is 1. The lowest BCUT2D eigenvalue weighted by atomic mass is 9.98. The summed E-state index contributed by atoms with van der Waals surface area (Å²) in [5, 5.41) is 14.5. The first-order valence-corrected chi connectivity index (χ1v) is 11.0. The zero-order valence-corrected chi connectivity index (χ0v) is 18.3. The van der Waals surface area contributed by atoms with Gasteiger partial charge in [0.1, 0.15) is 9.93 Å². The number of thiazole rings is 1. The van der Waals surface area contributed by atoms with E-state index in [1.807, 2.05) is 36.4 Å². The van der Waals surface area contributed by atoms with Crippen molar-refractivity contribution in [3.8, 4) is 10.6 Å². The van der Waals surface area contributed by atoms with E-state index in [-0.39, 0.29) is 30.7 Å². The Kier molecular flexibility index (Phi) is 5.14. The van der Waals surface area contributed by atoms with Crippen LogP contribution in [0.2, 0.25) is 0 Å². The molecule has 0 atom stereocenters. The molecular formula is C23H18N4O5S. The second-order valence-electron chi connectivity index (χ2n) is 7.86. The molecular weight excluding hydrogens is 444 g/mol. The maximum absolute atomic E-state index is 12.5. The van der Waals surface area contributed by atoms with Gasteiger partial charge in [-0.3, -0.25) is 19.7 Å². The topological polar surface area (TPSA) is 119 Å². The zero-order valence-electron chi connectivity index (χ0n) is 17.5. The van der Waals surface area contributed by atoms with Crippen LogP contribution in [0.3, 0.4) is 0 Å². The molecule has 1 aliphatic rings. The molecule has 5 rings (SSSR count). The fourth-order valence-corrected chi connectivity index (χ4v) is 4.67. The number of nitro groups is 1. The number of rotatable bonds is 5. The maximum atomic E-state index is 12.5. The average molecular weight is 462 g/mol. The van der Waals surface area contributed by atoms with Crippen LogP contribution in [0.4, 0.5) is 11.6 Å². The van der Waals surface area contributed by atoms with Gasteiger partial charge in [0.15, 0.2) is 5.76 Å². The second kappa shape index (κ2) is 8.14. The molecule has 0 unspecified atom stereocenters. The Morgan fingerprint density at radius 1 is 1.15 bits per heavy atom. The van der Waals surface area contributed by atoms with Crippen LogP contribution >= 0.6 is 11.3 Å². The van der Waals surface area contributed by atoms with Crippen molar-refractivity contribution in [2.24, 2.45) is 5.92 Å². The highest BCUT2D eigenvalue weighted by molar-refractivity contribution is 7.21. The van der Waals surface area contributed by atoms with Crippen molar-refractivity contribution in [3.05, 3.63) is 76.0 Å². The van der Waals surface area contributed by atoms with Gasteiger partial charge < -0.3 is 14.6 Å². The number of furan rings is 1. The van der Waals surface area contributed by atoms with E-state index in [1.54, 1.807) is 11.3 Å². The van der Waals surface area contributed by atoms with Gasteiger partial charge in [0.2, 0.25) is 5.91 Å². The summed E-state index contributed by atoms with van der Waals surface area (Å²) < 4.78 is 6.07. The Morgan fingerprint density at radius 3 is 2.61 bits per heavy atom. The molecule has 0 bridgehead atoms. The fourth-order valence-electron chi connectivity index (χ4n) is 3.60. The molecule has 0 radical (unpaired) electrons. The number of nitrogens with one attached hydrogen (secondary N) is 1. The van der Waals surface area contributed by atoms with E-state index in [0.29, 0.717) is 5.69 Å². The number of benzene rings is 2. The number of hydrogen-bond acceptors (Lipinski definition) is 7. The highest BCUT2D eigenvalue weighted by Crippen LogP contribution is 2.31. The Labute approximate surface area is 191 Å². The van der Waals surface area contributed by atoms with Gasteiger partial charge in [-0.2, -0.15) is 0 Å². The highest BCUT2D eigenvalue weighted by atomic mass is 32.1. The number of aryl methyl sites for hydroxylation is 1. The first-order chi connectivity index (χ1) is 15.9. The molecule has 1 N–H and O–H groups in total. The lowest BCUT2D eigenvalue weighted by Crippen LogP contribution is -2.54. The number of aromatic nitrogens is 1. The van der Waals surface area contributed by atoms with Gasteiger partial charge in [-0.25, -0.2) is 4.98 Å². The fraction of sp³-hybridized carbons (Fsp3) is 0.174. The number of nitrogens with zero attached hydrogens (tertiary/aromatic N) is 3. The summed E-state index contributed by atoms with van der Waals surface area (Å²) in [7, 11) is 0. The number of likely N-dealkylation sites (tertiary alicyclic amines) is 1. The number of hydrogen-bond donors (Lipinski definition) is 1. The van der Waals surface area contributed by atoms with E-state index in [9.17, 15) is 19.7 Å². The molecule has 0 spiro atoms. The quantitative estimate of drug-likeness (QED) is 0.345. The molecule has 9 nitrogen and oxygen atoms in total. The Balaban J connectivity index is 1.18. The summed E-state index contributed by atoms with van der Waals surface area (Å²) in [5.74, 6) is -1.61. The van der Waals surface area contributed by atoms with Gasteiger partial charge in [0.05, 0.1) is 22.2 Å². The van der Waals surface area contributed by atoms with Crippen LogP contribution in [0.15, 0.2) is 59.0 Å². The van der Waals surface area contributed by atoms with Gasteiger partial charge in [-0.05, 0) is 55.0 Å². The monoisotopic (exact) mass is 462 g/mol. The normalized spacial score (nSPS) is 13.7. The highest BCUT2D eigenvalue weighted by Gasteiger charge is 2.37. The average Bonchev–Trinajstić information content (AvgIpc) is 3.40. The van der Waals surface area contributed by atoms with Crippen molar-refractivity contribution in [2.45, 2.75) is 6.92 Å². The predicted molar refractivity (Wildman–Crippen MR) is 123 cm³/mol. The maximum Gasteiger partial charge on any atom is 0.433 e. The van der Waals surface area contributed by atoms with Crippen LogP contribution in [0, 0.1) is 23.0 Å². The zero-order chi connectivity index (χ0) is 23.1. The van der Waals surface area contributed by atoms with Crippen LogP contribution in [0.25, 0.3) is 20.8 Å². The minimum Gasteiger partial charge on any atom is -0.395 e. The standard InChI is InChI=1S/C23H18N4O5S/c1-13-2-7-17-19(10-13)33-22(25-17)14-3-5-16(6-4-14)24-21(28)15-11-26(12-15)23(29)18-8-9-20(32-18)27(30)31/h2-10,15H,11-12H2,1H3,(H,24,28). The molecule has 4 aromatic rings. The van der Waals surface area contributed by atoms with E-state index in [0.717, 1.165) is 26.9 Å². The molecule has 2 amide bonds. The summed E-state index contributed by atoms with van der Waals surface area (Å²) in [5.41, 5.74) is 3.79. The number of fused-ring (bicyclic) bond motifs is 1. The van der Waals surface area contributed by atoms with Gasteiger partial charge in [0.25, 0.3) is 5.91 Å². The van der Waals surface area contributed by atoms with E-state index < -0.39 is 16.7 Å². The van der Waals surface area contributed by atoms with Crippen molar-refractivity contribution in [2.75, 3.05) is 18.4 Å². The third-order valence-electron chi connectivity index (χ3n) is 5.47. The molecule has 2 aromatic heterocycles. The Hall–Kier alpha value is -4.05. The lowest BCUT2D eigenvalue weighted by molar-refractivity contribution is -0.402. The molecule has 1 fully saturated rings. The minimum atomic E-state index is -0.702. The first-order valence-electron chi connectivity index (χ1n) is 10.2. The smallest absolute Gasteiger partial charge is 0.395 e. The van der Waals surface area contributed by atoms with Crippen LogP contribution < -0.4 is 5.32 Å². The third kappa shape index (κ3) is 4.08. The molecule has 166 valence electrons. The molecule has 3 heterocycles. The van der Waals surface area contributed by atoms with Crippen molar-refractivity contribution in [3.63, 3.8) is 0 Å². The van der Waals surface area contributed by atoms with Gasteiger partial charge in [0, 0.05) is 24.3 Å². The molecule has 2 aromatic carbocycles. The van der Waals surface area contributed by atoms with Crippen molar-refractivity contribution >= 4 is 44.9 Å².